The molecule has 5 rings (SSSR count). The van der Waals surface area contributed by atoms with Crippen LogP contribution in [-0.2, 0) is 0 Å². The van der Waals surface area contributed by atoms with E-state index < -0.39 is 0 Å². The Balaban J connectivity index is 1.81. The molecule has 0 aliphatic carbocycles. The molecule has 1 aliphatic heterocycles. The van der Waals surface area contributed by atoms with Gasteiger partial charge in [-0.2, -0.15) is 0 Å². The second-order valence-corrected chi connectivity index (χ2v) is 6.57. The molecule has 130 valence electrons. The van der Waals surface area contributed by atoms with E-state index in [2.05, 4.69) is 43.0 Å². The Hall–Kier alpha value is -2.99. The van der Waals surface area contributed by atoms with Crippen LogP contribution in [0.25, 0.3) is 27.9 Å². The number of nitrogens with zero attached hydrogens (tertiary/aromatic N) is 5. The van der Waals surface area contributed by atoms with Crippen molar-refractivity contribution >= 4 is 22.5 Å². The van der Waals surface area contributed by atoms with E-state index in [1.165, 1.54) is 0 Å². The Morgan fingerprint density at radius 3 is 2.62 bits per heavy atom. The third-order valence-electron chi connectivity index (χ3n) is 4.88. The molecule has 2 aromatic heterocycles. The summed E-state index contributed by atoms with van der Waals surface area (Å²) in [4.78, 5) is 7.35. The molecule has 1 N–H and O–H groups in total. The van der Waals surface area contributed by atoms with E-state index in [1.54, 1.807) is 0 Å². The predicted octanol–water partition coefficient (Wildman–Crippen LogP) is 2.74. The summed E-state index contributed by atoms with van der Waals surface area (Å²) in [5.74, 6) is 1.76. The van der Waals surface area contributed by atoms with Crippen molar-refractivity contribution in [3.8, 4) is 11.4 Å². The highest BCUT2D eigenvalue weighted by Gasteiger charge is 2.20. The Morgan fingerprint density at radius 1 is 0.846 bits per heavy atom. The van der Waals surface area contributed by atoms with Gasteiger partial charge in [-0.05, 0) is 25.1 Å². The van der Waals surface area contributed by atoms with Crippen molar-refractivity contribution in [1.29, 1.82) is 0 Å². The van der Waals surface area contributed by atoms with E-state index in [0.29, 0.717) is 0 Å². The molecule has 0 radical (unpaired) electrons. The Labute approximate surface area is 151 Å². The molecule has 1 aliphatic rings. The maximum Gasteiger partial charge on any atom is 0.213 e. The quantitative estimate of drug-likeness (QED) is 0.606. The molecule has 1 fully saturated rings. The van der Waals surface area contributed by atoms with Gasteiger partial charge in [0.15, 0.2) is 11.5 Å². The Kier molecular flexibility index (Phi) is 3.75. The minimum absolute atomic E-state index is 0.839. The largest absolute Gasteiger partial charge is 0.341 e. The van der Waals surface area contributed by atoms with Crippen LogP contribution in [0, 0.1) is 0 Å². The van der Waals surface area contributed by atoms with Gasteiger partial charge in [0.2, 0.25) is 5.95 Å². The first-order chi connectivity index (χ1) is 12.9. The second kappa shape index (κ2) is 6.38. The lowest BCUT2D eigenvalue weighted by atomic mass is 10.2. The zero-order chi connectivity index (χ0) is 17.3. The van der Waals surface area contributed by atoms with E-state index in [1.807, 2.05) is 36.4 Å². The average Bonchev–Trinajstić information content (AvgIpc) is 2.96. The summed E-state index contributed by atoms with van der Waals surface area (Å²) in [7, 11) is 0. The van der Waals surface area contributed by atoms with Crippen molar-refractivity contribution in [3.05, 3.63) is 54.6 Å². The highest BCUT2D eigenvalue weighted by atomic mass is 15.4. The minimum atomic E-state index is 0.839. The summed E-state index contributed by atoms with van der Waals surface area (Å²) in [5.41, 5.74) is 2.87. The number of hydrogen-bond acceptors (Lipinski definition) is 5. The van der Waals surface area contributed by atoms with Gasteiger partial charge in [-0.3, -0.25) is 0 Å². The number of para-hydroxylation sites is 1. The summed E-state index contributed by atoms with van der Waals surface area (Å²) in [6.07, 6.45) is 1.10. The van der Waals surface area contributed by atoms with Crippen molar-refractivity contribution in [2.75, 3.05) is 31.1 Å². The van der Waals surface area contributed by atoms with Crippen LogP contribution in [0.4, 0.5) is 5.95 Å². The summed E-state index contributed by atoms with van der Waals surface area (Å²) < 4.78 is 2.11. The summed E-state index contributed by atoms with van der Waals surface area (Å²) in [6.45, 7) is 3.90. The normalized spacial score (nSPS) is 15.5. The van der Waals surface area contributed by atoms with Crippen LogP contribution >= 0.6 is 0 Å². The van der Waals surface area contributed by atoms with Crippen LogP contribution in [-0.4, -0.2) is 45.8 Å². The van der Waals surface area contributed by atoms with Crippen LogP contribution in [0.1, 0.15) is 6.42 Å². The zero-order valence-corrected chi connectivity index (χ0v) is 14.5. The van der Waals surface area contributed by atoms with Gasteiger partial charge in [-0.1, -0.05) is 42.5 Å². The van der Waals surface area contributed by atoms with Gasteiger partial charge in [0.05, 0.1) is 5.52 Å². The van der Waals surface area contributed by atoms with E-state index >= 15 is 0 Å². The van der Waals surface area contributed by atoms with E-state index in [-0.39, 0.29) is 0 Å². The van der Waals surface area contributed by atoms with Gasteiger partial charge in [-0.15, -0.1) is 10.2 Å². The molecule has 6 nitrogen and oxygen atoms in total. The molecule has 3 heterocycles. The lowest BCUT2D eigenvalue weighted by Gasteiger charge is -2.23. The number of rotatable bonds is 2. The average molecular weight is 344 g/mol. The van der Waals surface area contributed by atoms with Gasteiger partial charge >= 0.3 is 0 Å². The number of nitrogens with one attached hydrogen (secondary N) is 1. The lowest BCUT2D eigenvalue weighted by molar-refractivity contribution is 0.724. The topological polar surface area (TPSA) is 58.4 Å². The highest BCUT2D eigenvalue weighted by molar-refractivity contribution is 5.93. The highest BCUT2D eigenvalue weighted by Crippen LogP contribution is 2.28. The van der Waals surface area contributed by atoms with Crippen molar-refractivity contribution < 1.29 is 0 Å². The predicted molar refractivity (Wildman–Crippen MR) is 103 cm³/mol. The zero-order valence-electron chi connectivity index (χ0n) is 14.5. The number of hydrogen-bond donors (Lipinski definition) is 1. The van der Waals surface area contributed by atoms with Crippen LogP contribution in [0.15, 0.2) is 54.6 Å². The fourth-order valence-corrected chi connectivity index (χ4v) is 3.60. The third kappa shape index (κ3) is 2.50. The van der Waals surface area contributed by atoms with E-state index in [9.17, 15) is 0 Å². The second-order valence-electron chi connectivity index (χ2n) is 6.57. The molecule has 0 amide bonds. The van der Waals surface area contributed by atoms with Crippen LogP contribution in [0.3, 0.4) is 0 Å². The lowest BCUT2D eigenvalue weighted by Crippen LogP contribution is -2.30. The number of benzene rings is 2. The summed E-state index contributed by atoms with van der Waals surface area (Å²) in [6, 6.07) is 18.4. The first-order valence-electron chi connectivity index (χ1n) is 9.07. The molecule has 4 aromatic rings. The number of anilines is 1. The van der Waals surface area contributed by atoms with E-state index in [4.69, 9.17) is 4.98 Å². The fraction of sp³-hybridized carbons (Fsp3) is 0.250. The summed E-state index contributed by atoms with van der Waals surface area (Å²) in [5, 5.41) is 13.5. The SMILES string of the molecule is c1ccc(-c2nnc3c4ccccc4nc(N4CCCNCC4)n23)cc1. The molecule has 6 heteroatoms. The number of aromatic nitrogens is 4. The molecule has 0 bridgehead atoms. The fourth-order valence-electron chi connectivity index (χ4n) is 3.60. The smallest absolute Gasteiger partial charge is 0.213 e. The standard InChI is InChI=1S/C20H20N6/c1-2-7-15(8-3-1)18-23-24-19-16-9-4-5-10-17(16)22-20(26(18)19)25-13-6-11-21-12-14-25/h1-5,7-10,21H,6,11-14H2. The number of fused-ring (bicyclic) bond motifs is 3. The molecule has 1 saturated heterocycles. The van der Waals surface area contributed by atoms with Gasteiger partial charge < -0.3 is 10.2 Å². The monoisotopic (exact) mass is 344 g/mol. The van der Waals surface area contributed by atoms with Gasteiger partial charge in [0.25, 0.3) is 0 Å². The van der Waals surface area contributed by atoms with Crippen LogP contribution < -0.4 is 10.2 Å². The molecule has 0 atom stereocenters. The molecular formula is C20H20N6. The van der Waals surface area contributed by atoms with Crippen molar-refractivity contribution in [2.24, 2.45) is 0 Å². The van der Waals surface area contributed by atoms with Crippen LogP contribution in [0.5, 0.6) is 0 Å². The van der Waals surface area contributed by atoms with Gasteiger partial charge in [-0.25, -0.2) is 9.38 Å². The molecule has 0 spiro atoms. The van der Waals surface area contributed by atoms with Crippen molar-refractivity contribution in [3.63, 3.8) is 0 Å². The molecule has 26 heavy (non-hydrogen) atoms. The van der Waals surface area contributed by atoms with Crippen LogP contribution in [0.2, 0.25) is 0 Å². The van der Waals surface area contributed by atoms with Crippen molar-refractivity contribution in [2.45, 2.75) is 6.42 Å². The first-order valence-corrected chi connectivity index (χ1v) is 9.07. The van der Waals surface area contributed by atoms with Crippen molar-refractivity contribution in [1.82, 2.24) is 24.9 Å². The van der Waals surface area contributed by atoms with Gasteiger partial charge in [0.1, 0.15) is 0 Å². The first kappa shape index (κ1) is 15.3. The van der Waals surface area contributed by atoms with Gasteiger partial charge in [0, 0.05) is 30.6 Å². The molecule has 0 saturated carbocycles. The maximum absolute atomic E-state index is 5.01. The molecule has 0 unspecified atom stereocenters. The Morgan fingerprint density at radius 2 is 1.69 bits per heavy atom. The third-order valence-corrected chi connectivity index (χ3v) is 4.88. The Bertz CT molecular complexity index is 1050. The molecular weight excluding hydrogens is 324 g/mol. The van der Waals surface area contributed by atoms with E-state index in [0.717, 1.165) is 66.5 Å². The molecule has 2 aromatic carbocycles. The maximum atomic E-state index is 5.01. The minimum Gasteiger partial charge on any atom is -0.341 e. The summed E-state index contributed by atoms with van der Waals surface area (Å²) >= 11 is 0.